The molecule has 3 heterocycles. The molecule has 0 saturated heterocycles. The lowest BCUT2D eigenvalue weighted by Gasteiger charge is -2.37. The average molecular weight is 360 g/mol. The molecule has 5 heteroatoms. The first-order chi connectivity index (χ1) is 13.2. The Morgan fingerprint density at radius 3 is 2.67 bits per heavy atom. The number of aryl methyl sites for hydroxylation is 1. The number of carbonyl (C=O) groups is 1. The molecular formula is C22H24N4O. The molecule has 0 fully saturated rings. The lowest BCUT2D eigenvalue weighted by molar-refractivity contribution is -0.123. The number of aromatic nitrogens is 2. The third kappa shape index (κ3) is 3.93. The van der Waals surface area contributed by atoms with Gasteiger partial charge in [0, 0.05) is 43.9 Å². The Labute approximate surface area is 159 Å². The van der Waals surface area contributed by atoms with Gasteiger partial charge in [0.1, 0.15) is 0 Å². The van der Waals surface area contributed by atoms with Gasteiger partial charge in [-0.25, -0.2) is 0 Å². The van der Waals surface area contributed by atoms with Crippen molar-refractivity contribution in [3.63, 3.8) is 0 Å². The molecule has 1 unspecified atom stereocenters. The molecule has 0 aliphatic carbocycles. The van der Waals surface area contributed by atoms with Crippen molar-refractivity contribution in [3.05, 3.63) is 89.5 Å². The maximum absolute atomic E-state index is 12.6. The molecule has 1 aliphatic rings. The second kappa shape index (κ2) is 7.76. The Hall–Kier alpha value is -2.92. The molecule has 1 aromatic carbocycles. The normalized spacial score (nSPS) is 16.7. The molecule has 0 radical (unpaired) electrons. The van der Waals surface area contributed by atoms with Gasteiger partial charge in [-0.3, -0.25) is 14.7 Å². The zero-order valence-electron chi connectivity index (χ0n) is 15.5. The van der Waals surface area contributed by atoms with E-state index in [2.05, 4.69) is 69.3 Å². The predicted molar refractivity (Wildman–Crippen MR) is 105 cm³/mol. The summed E-state index contributed by atoms with van der Waals surface area (Å²) in [5.41, 5.74) is 4.77. The van der Waals surface area contributed by atoms with Crippen molar-refractivity contribution in [1.29, 1.82) is 0 Å². The highest BCUT2D eigenvalue weighted by Gasteiger charge is 2.29. The highest BCUT2D eigenvalue weighted by atomic mass is 16.2. The van der Waals surface area contributed by atoms with Crippen molar-refractivity contribution >= 4 is 5.91 Å². The summed E-state index contributed by atoms with van der Waals surface area (Å²) in [7, 11) is 0. The van der Waals surface area contributed by atoms with Crippen LogP contribution in [0.25, 0.3) is 0 Å². The van der Waals surface area contributed by atoms with Crippen LogP contribution in [0.4, 0.5) is 0 Å². The fourth-order valence-corrected chi connectivity index (χ4v) is 3.67. The van der Waals surface area contributed by atoms with Gasteiger partial charge >= 0.3 is 0 Å². The largest absolute Gasteiger partial charge is 0.351 e. The summed E-state index contributed by atoms with van der Waals surface area (Å²) < 4.78 is 2.29. The fourth-order valence-electron chi connectivity index (χ4n) is 3.67. The number of amides is 1. The van der Waals surface area contributed by atoms with Crippen LogP contribution in [-0.4, -0.2) is 33.4 Å². The van der Waals surface area contributed by atoms with Gasteiger partial charge < -0.3 is 9.88 Å². The Morgan fingerprint density at radius 1 is 1.11 bits per heavy atom. The van der Waals surface area contributed by atoms with Gasteiger partial charge in [0.25, 0.3) is 0 Å². The molecule has 2 aromatic heterocycles. The maximum Gasteiger partial charge on any atom is 0.234 e. The van der Waals surface area contributed by atoms with Crippen LogP contribution in [0.1, 0.15) is 28.4 Å². The second-order valence-electron chi connectivity index (χ2n) is 7.04. The molecule has 1 atom stereocenters. The molecule has 0 bridgehead atoms. The summed E-state index contributed by atoms with van der Waals surface area (Å²) in [4.78, 5) is 18.9. The first kappa shape index (κ1) is 17.5. The Balaban J connectivity index is 1.50. The lowest BCUT2D eigenvalue weighted by Crippen LogP contribution is -2.44. The van der Waals surface area contributed by atoms with E-state index in [4.69, 9.17) is 0 Å². The minimum Gasteiger partial charge on any atom is -0.351 e. The van der Waals surface area contributed by atoms with E-state index in [9.17, 15) is 4.79 Å². The van der Waals surface area contributed by atoms with Crippen molar-refractivity contribution in [2.75, 3.05) is 13.1 Å². The van der Waals surface area contributed by atoms with Crippen LogP contribution in [0, 0.1) is 6.92 Å². The molecule has 138 valence electrons. The number of nitrogens with zero attached hydrogens (tertiary/aromatic N) is 3. The minimum absolute atomic E-state index is 0.0453. The van der Waals surface area contributed by atoms with E-state index in [1.165, 1.54) is 16.8 Å². The van der Waals surface area contributed by atoms with Gasteiger partial charge in [-0.2, -0.15) is 0 Å². The second-order valence-corrected chi connectivity index (χ2v) is 7.04. The highest BCUT2D eigenvalue weighted by Crippen LogP contribution is 2.32. The van der Waals surface area contributed by atoms with Gasteiger partial charge in [-0.05, 0) is 42.3 Å². The van der Waals surface area contributed by atoms with Crippen LogP contribution >= 0.6 is 0 Å². The van der Waals surface area contributed by atoms with E-state index in [1.807, 2.05) is 12.1 Å². The molecule has 5 nitrogen and oxygen atoms in total. The van der Waals surface area contributed by atoms with Crippen LogP contribution in [0.5, 0.6) is 0 Å². The zero-order valence-corrected chi connectivity index (χ0v) is 15.5. The summed E-state index contributed by atoms with van der Waals surface area (Å²) in [5.74, 6) is 0.0453. The summed E-state index contributed by atoms with van der Waals surface area (Å²) in [6, 6.07) is 16.8. The van der Waals surface area contributed by atoms with Crippen LogP contribution < -0.4 is 5.32 Å². The number of rotatable bonds is 5. The molecular weight excluding hydrogens is 336 g/mol. The Kier molecular flexibility index (Phi) is 5.03. The van der Waals surface area contributed by atoms with E-state index in [0.717, 1.165) is 18.7 Å². The molecule has 27 heavy (non-hydrogen) atoms. The standard InChI is InChI=1S/C22H24N4O/c1-17-4-6-19(7-5-17)22-20-3-2-12-25(20)13-14-26(22)16-21(27)24-15-18-8-10-23-11-9-18/h2-12,22H,13-16H2,1H3,(H,24,27). The predicted octanol–water partition coefficient (Wildman–Crippen LogP) is 2.91. The van der Waals surface area contributed by atoms with Crippen LogP contribution in [0.15, 0.2) is 67.1 Å². The van der Waals surface area contributed by atoms with E-state index in [0.29, 0.717) is 13.1 Å². The molecule has 3 aromatic rings. The van der Waals surface area contributed by atoms with Gasteiger partial charge in [0.05, 0.1) is 12.6 Å². The molecule has 1 N–H and O–H groups in total. The maximum atomic E-state index is 12.6. The van der Waals surface area contributed by atoms with Crippen LogP contribution in [0.2, 0.25) is 0 Å². The fraction of sp³-hybridized carbons (Fsp3) is 0.273. The van der Waals surface area contributed by atoms with Gasteiger partial charge in [0.2, 0.25) is 5.91 Å². The van der Waals surface area contributed by atoms with Crippen molar-refractivity contribution < 1.29 is 4.79 Å². The zero-order chi connectivity index (χ0) is 18.6. The minimum atomic E-state index is 0.0453. The van der Waals surface area contributed by atoms with Gasteiger partial charge in [-0.15, -0.1) is 0 Å². The Morgan fingerprint density at radius 2 is 1.89 bits per heavy atom. The number of pyridine rings is 1. The first-order valence-corrected chi connectivity index (χ1v) is 9.32. The van der Waals surface area contributed by atoms with E-state index >= 15 is 0 Å². The third-order valence-corrected chi connectivity index (χ3v) is 5.12. The number of hydrogen-bond donors (Lipinski definition) is 1. The monoisotopic (exact) mass is 360 g/mol. The highest BCUT2D eigenvalue weighted by molar-refractivity contribution is 5.78. The lowest BCUT2D eigenvalue weighted by atomic mass is 9.99. The van der Waals surface area contributed by atoms with E-state index < -0.39 is 0 Å². The van der Waals surface area contributed by atoms with Crippen LogP contribution in [-0.2, 0) is 17.9 Å². The van der Waals surface area contributed by atoms with Crippen molar-refractivity contribution in [2.24, 2.45) is 0 Å². The van der Waals surface area contributed by atoms with E-state index in [1.54, 1.807) is 12.4 Å². The first-order valence-electron chi connectivity index (χ1n) is 9.32. The van der Waals surface area contributed by atoms with Gasteiger partial charge in [0.15, 0.2) is 0 Å². The number of carbonyl (C=O) groups excluding carboxylic acids is 1. The molecule has 1 aliphatic heterocycles. The van der Waals surface area contributed by atoms with Crippen LogP contribution in [0.3, 0.4) is 0 Å². The van der Waals surface area contributed by atoms with Crippen molar-refractivity contribution in [2.45, 2.75) is 26.1 Å². The van der Waals surface area contributed by atoms with Crippen molar-refractivity contribution in [3.8, 4) is 0 Å². The van der Waals surface area contributed by atoms with Crippen molar-refractivity contribution in [1.82, 2.24) is 19.8 Å². The van der Waals surface area contributed by atoms with E-state index in [-0.39, 0.29) is 11.9 Å². The number of benzene rings is 1. The smallest absolute Gasteiger partial charge is 0.234 e. The molecule has 1 amide bonds. The Bertz CT molecular complexity index is 902. The molecule has 0 spiro atoms. The number of fused-ring (bicyclic) bond motifs is 1. The number of nitrogens with one attached hydrogen (secondary N) is 1. The topological polar surface area (TPSA) is 50.2 Å². The quantitative estimate of drug-likeness (QED) is 0.761. The summed E-state index contributed by atoms with van der Waals surface area (Å²) in [6.07, 6.45) is 5.61. The summed E-state index contributed by atoms with van der Waals surface area (Å²) in [5, 5.41) is 3.03. The van der Waals surface area contributed by atoms with Gasteiger partial charge in [-0.1, -0.05) is 29.8 Å². The number of hydrogen-bond acceptors (Lipinski definition) is 3. The molecule has 0 saturated carbocycles. The summed E-state index contributed by atoms with van der Waals surface area (Å²) in [6.45, 7) is 4.76. The third-order valence-electron chi connectivity index (χ3n) is 5.12. The molecule has 4 rings (SSSR count). The summed E-state index contributed by atoms with van der Waals surface area (Å²) >= 11 is 0. The average Bonchev–Trinajstić information content (AvgIpc) is 3.17. The SMILES string of the molecule is Cc1ccc(C2c3cccn3CCN2CC(=O)NCc2ccncc2)cc1.